The molecule has 1 aliphatic rings. The fourth-order valence-electron chi connectivity index (χ4n) is 3.63. The van der Waals surface area contributed by atoms with Gasteiger partial charge in [-0.3, -0.25) is 9.25 Å². The van der Waals surface area contributed by atoms with Gasteiger partial charge in [-0.25, -0.2) is 0 Å². The SMILES string of the molecule is CCc1nn(C)c2c1[nH]c(=S)n2C1CCC(CC)CC1. The standard InChI is InChI=1S/C15H24N4S/c1-4-10-6-8-11(9-7-10)19-14-13(16-15(19)20)12(5-2)17-18(14)3/h10-11H,4-9H2,1-3H3,(H,16,20). The summed E-state index contributed by atoms with van der Waals surface area (Å²) in [4.78, 5) is 3.38. The van der Waals surface area contributed by atoms with E-state index in [2.05, 4.69) is 28.5 Å². The van der Waals surface area contributed by atoms with Crippen LogP contribution in [0.3, 0.4) is 0 Å². The summed E-state index contributed by atoms with van der Waals surface area (Å²) in [5.74, 6) is 0.910. The lowest BCUT2D eigenvalue weighted by Gasteiger charge is -2.29. The molecule has 0 atom stereocenters. The Morgan fingerprint density at radius 2 is 1.95 bits per heavy atom. The maximum absolute atomic E-state index is 5.58. The molecule has 2 aromatic rings. The molecule has 0 spiro atoms. The fraction of sp³-hybridized carbons (Fsp3) is 0.733. The number of nitrogens with zero attached hydrogens (tertiary/aromatic N) is 3. The molecule has 0 amide bonds. The van der Waals surface area contributed by atoms with Crippen LogP contribution in [0.1, 0.15) is 57.7 Å². The Labute approximate surface area is 125 Å². The zero-order valence-corrected chi connectivity index (χ0v) is 13.5. The van der Waals surface area contributed by atoms with Crippen LogP contribution in [0.25, 0.3) is 11.2 Å². The molecule has 0 radical (unpaired) electrons. The number of H-pyrrole nitrogens is 1. The molecule has 0 bridgehead atoms. The minimum Gasteiger partial charge on any atom is -0.328 e. The summed E-state index contributed by atoms with van der Waals surface area (Å²) in [6.07, 6.45) is 7.39. The summed E-state index contributed by atoms with van der Waals surface area (Å²) in [7, 11) is 2.03. The van der Waals surface area contributed by atoms with Gasteiger partial charge in [0.15, 0.2) is 10.4 Å². The number of hydrogen-bond donors (Lipinski definition) is 1. The van der Waals surface area contributed by atoms with Gasteiger partial charge in [0.25, 0.3) is 0 Å². The van der Waals surface area contributed by atoms with Crippen LogP contribution in [-0.4, -0.2) is 19.3 Å². The Hall–Kier alpha value is -1.10. The molecule has 20 heavy (non-hydrogen) atoms. The van der Waals surface area contributed by atoms with Crippen LogP contribution in [0.4, 0.5) is 0 Å². The van der Waals surface area contributed by atoms with Crippen molar-refractivity contribution in [3.05, 3.63) is 10.5 Å². The topological polar surface area (TPSA) is 38.5 Å². The largest absolute Gasteiger partial charge is 0.328 e. The van der Waals surface area contributed by atoms with E-state index in [-0.39, 0.29) is 0 Å². The number of aromatic nitrogens is 4. The van der Waals surface area contributed by atoms with Crippen LogP contribution >= 0.6 is 12.2 Å². The van der Waals surface area contributed by atoms with E-state index in [1.165, 1.54) is 37.8 Å². The molecular formula is C15H24N4S. The van der Waals surface area contributed by atoms with Gasteiger partial charge in [-0.15, -0.1) is 0 Å². The van der Waals surface area contributed by atoms with Gasteiger partial charge in [0.2, 0.25) is 0 Å². The van der Waals surface area contributed by atoms with Gasteiger partial charge in [0.05, 0.1) is 5.69 Å². The predicted octanol–water partition coefficient (Wildman–Crippen LogP) is 4.14. The van der Waals surface area contributed by atoms with Crippen LogP contribution in [0.5, 0.6) is 0 Å². The molecule has 1 aliphatic carbocycles. The Kier molecular flexibility index (Phi) is 3.71. The van der Waals surface area contributed by atoms with E-state index in [4.69, 9.17) is 12.2 Å². The van der Waals surface area contributed by atoms with Crippen LogP contribution in [-0.2, 0) is 13.5 Å². The highest BCUT2D eigenvalue weighted by atomic mass is 32.1. The maximum Gasteiger partial charge on any atom is 0.179 e. The monoisotopic (exact) mass is 292 g/mol. The summed E-state index contributed by atoms with van der Waals surface area (Å²) < 4.78 is 5.18. The third-order valence-corrected chi connectivity index (χ3v) is 5.16. The van der Waals surface area contributed by atoms with Gasteiger partial charge < -0.3 is 4.98 Å². The summed E-state index contributed by atoms with van der Waals surface area (Å²) in [6.45, 7) is 4.45. The normalized spacial score (nSPS) is 23.6. The number of rotatable bonds is 3. The predicted molar refractivity (Wildman–Crippen MR) is 84.6 cm³/mol. The second-order valence-corrected chi connectivity index (χ2v) is 6.39. The van der Waals surface area contributed by atoms with E-state index in [0.717, 1.165) is 28.3 Å². The molecule has 0 aliphatic heterocycles. The van der Waals surface area contributed by atoms with Crippen molar-refractivity contribution in [3.63, 3.8) is 0 Å². The highest BCUT2D eigenvalue weighted by molar-refractivity contribution is 7.71. The molecule has 5 heteroatoms. The van der Waals surface area contributed by atoms with Crippen LogP contribution < -0.4 is 0 Å². The average Bonchev–Trinajstić information content (AvgIpc) is 2.96. The zero-order chi connectivity index (χ0) is 14.3. The summed E-state index contributed by atoms with van der Waals surface area (Å²) in [5.41, 5.74) is 3.43. The van der Waals surface area contributed by atoms with Gasteiger partial charge in [0.1, 0.15) is 5.52 Å². The number of fused-ring (bicyclic) bond motifs is 1. The van der Waals surface area contributed by atoms with E-state index in [1.807, 2.05) is 11.7 Å². The molecule has 1 saturated carbocycles. The smallest absolute Gasteiger partial charge is 0.179 e. The molecule has 2 aromatic heterocycles. The van der Waals surface area contributed by atoms with E-state index in [0.29, 0.717) is 6.04 Å². The third-order valence-electron chi connectivity index (χ3n) is 4.86. The molecule has 4 nitrogen and oxygen atoms in total. The number of imidazole rings is 1. The lowest BCUT2D eigenvalue weighted by molar-refractivity contribution is 0.270. The lowest BCUT2D eigenvalue weighted by Crippen LogP contribution is -2.19. The Morgan fingerprint density at radius 3 is 2.55 bits per heavy atom. The van der Waals surface area contributed by atoms with Gasteiger partial charge in [-0.1, -0.05) is 20.3 Å². The first kappa shape index (κ1) is 13.9. The van der Waals surface area contributed by atoms with Crippen molar-refractivity contribution in [2.75, 3.05) is 0 Å². The Balaban J connectivity index is 2.01. The summed E-state index contributed by atoms with van der Waals surface area (Å²) >= 11 is 5.58. The summed E-state index contributed by atoms with van der Waals surface area (Å²) in [5, 5.41) is 4.61. The molecule has 2 heterocycles. The van der Waals surface area contributed by atoms with E-state index < -0.39 is 0 Å². The molecule has 3 rings (SSSR count). The molecule has 0 saturated heterocycles. The molecule has 0 unspecified atom stereocenters. The van der Waals surface area contributed by atoms with Gasteiger partial charge in [-0.2, -0.15) is 5.10 Å². The van der Waals surface area contributed by atoms with Crippen LogP contribution in [0.15, 0.2) is 0 Å². The van der Waals surface area contributed by atoms with Gasteiger partial charge in [0, 0.05) is 13.1 Å². The minimum atomic E-state index is 0.541. The number of nitrogens with one attached hydrogen (secondary N) is 1. The van der Waals surface area contributed by atoms with Crippen molar-refractivity contribution in [3.8, 4) is 0 Å². The second kappa shape index (κ2) is 5.35. The van der Waals surface area contributed by atoms with Crippen LogP contribution in [0.2, 0.25) is 0 Å². The zero-order valence-electron chi connectivity index (χ0n) is 12.6. The van der Waals surface area contributed by atoms with Crippen molar-refractivity contribution < 1.29 is 0 Å². The summed E-state index contributed by atoms with van der Waals surface area (Å²) in [6, 6.07) is 0.541. The fourth-order valence-corrected chi connectivity index (χ4v) is 3.97. The number of aryl methyl sites for hydroxylation is 2. The average molecular weight is 292 g/mol. The lowest BCUT2D eigenvalue weighted by atomic mass is 9.84. The maximum atomic E-state index is 5.58. The van der Waals surface area contributed by atoms with E-state index in [1.54, 1.807) is 0 Å². The molecule has 1 N–H and O–H groups in total. The molecular weight excluding hydrogens is 268 g/mol. The first-order chi connectivity index (χ1) is 9.65. The third kappa shape index (κ3) is 2.12. The van der Waals surface area contributed by atoms with Crippen molar-refractivity contribution >= 4 is 23.4 Å². The first-order valence-corrected chi connectivity index (χ1v) is 8.22. The second-order valence-electron chi connectivity index (χ2n) is 6.01. The van der Waals surface area contributed by atoms with Crippen molar-refractivity contribution in [1.29, 1.82) is 0 Å². The molecule has 0 aromatic carbocycles. The van der Waals surface area contributed by atoms with Crippen molar-refractivity contribution in [2.45, 2.75) is 58.4 Å². The minimum absolute atomic E-state index is 0.541. The van der Waals surface area contributed by atoms with Gasteiger partial charge >= 0.3 is 0 Å². The molecule has 1 fully saturated rings. The van der Waals surface area contributed by atoms with E-state index in [9.17, 15) is 0 Å². The first-order valence-electron chi connectivity index (χ1n) is 7.81. The van der Waals surface area contributed by atoms with Crippen molar-refractivity contribution in [2.24, 2.45) is 13.0 Å². The van der Waals surface area contributed by atoms with Crippen LogP contribution in [0, 0.1) is 10.7 Å². The highest BCUT2D eigenvalue weighted by Crippen LogP contribution is 2.36. The highest BCUT2D eigenvalue weighted by Gasteiger charge is 2.25. The Morgan fingerprint density at radius 1 is 1.25 bits per heavy atom. The quantitative estimate of drug-likeness (QED) is 0.864. The molecule has 110 valence electrons. The van der Waals surface area contributed by atoms with E-state index >= 15 is 0 Å². The number of hydrogen-bond acceptors (Lipinski definition) is 2. The van der Waals surface area contributed by atoms with Crippen molar-refractivity contribution in [1.82, 2.24) is 19.3 Å². The number of aromatic amines is 1. The van der Waals surface area contributed by atoms with Gasteiger partial charge in [-0.05, 0) is 50.2 Å². The Bertz CT molecular complexity index is 655.